The summed E-state index contributed by atoms with van der Waals surface area (Å²) in [5, 5.41) is 7.47. The van der Waals surface area contributed by atoms with Gasteiger partial charge in [0.05, 0.1) is 19.1 Å². The Morgan fingerprint density at radius 2 is 2.03 bits per heavy atom. The summed E-state index contributed by atoms with van der Waals surface area (Å²) in [5.41, 5.74) is 1.60. The van der Waals surface area contributed by atoms with E-state index in [0.29, 0.717) is 24.7 Å². The number of nitrogens with one attached hydrogen (secondary N) is 2. The minimum Gasteiger partial charge on any atom is -0.466 e. The number of rotatable bonds is 5. The van der Waals surface area contributed by atoms with E-state index in [1.54, 1.807) is 13.1 Å². The van der Waals surface area contributed by atoms with E-state index in [2.05, 4.69) is 15.6 Å². The highest BCUT2D eigenvalue weighted by molar-refractivity contribution is 14.0. The number of benzene rings is 1. The van der Waals surface area contributed by atoms with Crippen LogP contribution in [0.5, 0.6) is 0 Å². The first-order chi connectivity index (χ1) is 13.5. The van der Waals surface area contributed by atoms with Gasteiger partial charge >= 0.3 is 5.97 Å². The molecule has 0 unspecified atom stereocenters. The Bertz CT molecular complexity index is 860. The Morgan fingerprint density at radius 3 is 2.69 bits per heavy atom. The topological polar surface area (TPSA) is 75.9 Å². The van der Waals surface area contributed by atoms with Crippen molar-refractivity contribution in [2.24, 2.45) is 10.9 Å². The van der Waals surface area contributed by atoms with Gasteiger partial charge in [0.2, 0.25) is 0 Å². The van der Waals surface area contributed by atoms with Crippen LogP contribution in [0.4, 0.5) is 4.39 Å². The van der Waals surface area contributed by atoms with Gasteiger partial charge in [0.25, 0.3) is 0 Å². The van der Waals surface area contributed by atoms with Crippen LogP contribution in [-0.2, 0) is 16.1 Å². The number of hydrogen-bond acceptors (Lipinski definition) is 4. The number of halogens is 2. The zero-order valence-electron chi connectivity index (χ0n) is 17.1. The van der Waals surface area contributed by atoms with Gasteiger partial charge in [-0.1, -0.05) is 0 Å². The van der Waals surface area contributed by atoms with Gasteiger partial charge in [0.1, 0.15) is 17.2 Å². The van der Waals surface area contributed by atoms with Crippen molar-refractivity contribution in [3.05, 3.63) is 35.3 Å². The number of carbonyl (C=O) groups is 1. The van der Waals surface area contributed by atoms with Gasteiger partial charge in [0, 0.05) is 24.0 Å². The lowest BCUT2D eigenvalue weighted by Crippen LogP contribution is -2.45. The first-order valence-corrected chi connectivity index (χ1v) is 9.83. The monoisotopic (exact) mass is 517 g/mol. The maximum Gasteiger partial charge on any atom is 0.308 e. The number of guanidine groups is 1. The molecule has 0 saturated heterocycles. The molecule has 1 saturated carbocycles. The van der Waals surface area contributed by atoms with Crippen molar-refractivity contribution in [3.8, 4) is 0 Å². The molecule has 0 aliphatic heterocycles. The van der Waals surface area contributed by atoms with Crippen LogP contribution in [-0.4, -0.2) is 31.6 Å². The predicted molar refractivity (Wildman–Crippen MR) is 122 cm³/mol. The fraction of sp³-hybridized carbons (Fsp3) is 0.524. The van der Waals surface area contributed by atoms with Gasteiger partial charge in [0.15, 0.2) is 5.96 Å². The van der Waals surface area contributed by atoms with E-state index in [0.717, 1.165) is 42.4 Å². The van der Waals surface area contributed by atoms with E-state index >= 15 is 0 Å². The van der Waals surface area contributed by atoms with Crippen molar-refractivity contribution < 1.29 is 18.3 Å². The maximum absolute atomic E-state index is 13.5. The highest BCUT2D eigenvalue weighted by Crippen LogP contribution is 2.27. The largest absolute Gasteiger partial charge is 0.466 e. The number of ether oxygens (including phenoxy) is 1. The van der Waals surface area contributed by atoms with Crippen molar-refractivity contribution >= 4 is 46.9 Å². The number of aliphatic imine (C=N–C) groups is 1. The maximum atomic E-state index is 13.5. The molecule has 1 aliphatic carbocycles. The molecule has 8 heteroatoms. The van der Waals surface area contributed by atoms with Crippen LogP contribution >= 0.6 is 24.0 Å². The lowest BCUT2D eigenvalue weighted by atomic mass is 9.86. The zero-order valence-corrected chi connectivity index (χ0v) is 19.4. The Hall–Kier alpha value is -1.84. The Labute approximate surface area is 187 Å². The van der Waals surface area contributed by atoms with Gasteiger partial charge in [-0.3, -0.25) is 9.79 Å². The van der Waals surface area contributed by atoms with Crippen molar-refractivity contribution in [1.29, 1.82) is 0 Å². The van der Waals surface area contributed by atoms with Gasteiger partial charge in [-0.2, -0.15) is 0 Å². The second-order valence-electron chi connectivity index (χ2n) is 7.16. The lowest BCUT2D eigenvalue weighted by Gasteiger charge is -2.29. The second-order valence-corrected chi connectivity index (χ2v) is 7.16. The number of furan rings is 1. The molecule has 1 heterocycles. The molecular formula is C21H29FIN3O3. The Kier molecular flexibility index (Phi) is 8.73. The van der Waals surface area contributed by atoms with Crippen LogP contribution in [0.2, 0.25) is 0 Å². The summed E-state index contributed by atoms with van der Waals surface area (Å²) in [5.74, 6) is 1.10. The van der Waals surface area contributed by atoms with Crippen molar-refractivity contribution in [1.82, 2.24) is 10.6 Å². The van der Waals surface area contributed by atoms with Gasteiger partial charge in [-0.15, -0.1) is 24.0 Å². The standard InChI is InChI=1S/C21H28FN3O3.HI/c1-4-27-20(26)14-5-8-16(9-6-14)25-21(23-3)24-12-19-13(2)17-11-15(22)7-10-18(17)28-19;/h7,10-11,14,16H,4-6,8-9,12H2,1-3H3,(H2,23,24,25);1H. The minimum absolute atomic E-state index is 0. The predicted octanol–water partition coefficient (Wildman–Crippen LogP) is 4.29. The molecule has 2 aromatic rings. The number of hydrogen-bond donors (Lipinski definition) is 2. The van der Waals surface area contributed by atoms with Gasteiger partial charge in [-0.25, -0.2) is 4.39 Å². The Balaban J connectivity index is 0.00000300. The quantitative estimate of drug-likeness (QED) is 0.268. The fourth-order valence-corrected chi connectivity index (χ4v) is 3.70. The second kappa shape index (κ2) is 10.8. The molecule has 29 heavy (non-hydrogen) atoms. The summed E-state index contributed by atoms with van der Waals surface area (Å²) in [6.07, 6.45) is 3.43. The molecule has 1 aliphatic rings. The molecule has 0 amide bonds. The third-order valence-corrected chi connectivity index (χ3v) is 5.32. The van der Waals surface area contributed by atoms with Gasteiger partial charge in [-0.05, 0) is 57.7 Å². The normalized spacial score (nSPS) is 19.5. The summed E-state index contributed by atoms with van der Waals surface area (Å²) < 4.78 is 24.4. The Morgan fingerprint density at radius 1 is 1.31 bits per heavy atom. The molecular weight excluding hydrogens is 488 g/mol. The molecule has 1 fully saturated rings. The third kappa shape index (κ3) is 5.83. The molecule has 0 bridgehead atoms. The van der Waals surface area contributed by atoms with E-state index in [1.165, 1.54) is 12.1 Å². The summed E-state index contributed by atoms with van der Waals surface area (Å²) in [4.78, 5) is 16.1. The summed E-state index contributed by atoms with van der Waals surface area (Å²) >= 11 is 0. The molecule has 6 nitrogen and oxygen atoms in total. The lowest BCUT2D eigenvalue weighted by molar-refractivity contribution is -0.149. The van der Waals surface area contributed by atoms with Crippen molar-refractivity contribution in [3.63, 3.8) is 0 Å². The van der Waals surface area contributed by atoms with E-state index in [4.69, 9.17) is 9.15 Å². The highest BCUT2D eigenvalue weighted by atomic mass is 127. The molecule has 3 rings (SSSR count). The number of fused-ring (bicyclic) bond motifs is 1. The summed E-state index contributed by atoms with van der Waals surface area (Å²) in [6, 6.07) is 4.81. The molecule has 0 radical (unpaired) electrons. The smallest absolute Gasteiger partial charge is 0.308 e. The van der Waals surface area contributed by atoms with E-state index < -0.39 is 0 Å². The summed E-state index contributed by atoms with van der Waals surface area (Å²) in [7, 11) is 1.72. The number of carbonyl (C=O) groups excluding carboxylic acids is 1. The molecule has 160 valence electrons. The van der Waals surface area contributed by atoms with Crippen LogP contribution in [0.15, 0.2) is 27.6 Å². The molecule has 0 spiro atoms. The number of aryl methyl sites for hydroxylation is 1. The molecule has 0 atom stereocenters. The van der Waals surface area contributed by atoms with Gasteiger partial charge < -0.3 is 19.8 Å². The molecule has 1 aromatic heterocycles. The average Bonchev–Trinajstić information content (AvgIpc) is 3.01. The van der Waals surface area contributed by atoms with E-state index in [-0.39, 0.29) is 47.7 Å². The first kappa shape index (κ1) is 23.4. The van der Waals surface area contributed by atoms with Crippen LogP contribution in [0.3, 0.4) is 0 Å². The SMILES string of the molecule is CCOC(=O)C1CCC(NC(=NC)NCc2oc3ccc(F)cc3c2C)CC1.I. The summed E-state index contributed by atoms with van der Waals surface area (Å²) in [6.45, 7) is 4.65. The van der Waals surface area contributed by atoms with Crippen LogP contribution in [0, 0.1) is 18.7 Å². The van der Waals surface area contributed by atoms with E-state index in [1.807, 2.05) is 13.8 Å². The zero-order chi connectivity index (χ0) is 20.1. The van der Waals surface area contributed by atoms with E-state index in [9.17, 15) is 9.18 Å². The van der Waals surface area contributed by atoms with Crippen LogP contribution in [0.1, 0.15) is 43.9 Å². The number of nitrogens with zero attached hydrogens (tertiary/aromatic N) is 1. The van der Waals surface area contributed by atoms with Crippen molar-refractivity contribution in [2.45, 2.75) is 52.1 Å². The third-order valence-electron chi connectivity index (χ3n) is 5.32. The fourth-order valence-electron chi connectivity index (χ4n) is 3.70. The number of esters is 1. The van der Waals surface area contributed by atoms with Crippen LogP contribution in [0.25, 0.3) is 11.0 Å². The highest BCUT2D eigenvalue weighted by Gasteiger charge is 2.27. The first-order valence-electron chi connectivity index (χ1n) is 9.83. The van der Waals surface area contributed by atoms with Crippen LogP contribution < -0.4 is 10.6 Å². The van der Waals surface area contributed by atoms with Crippen molar-refractivity contribution in [2.75, 3.05) is 13.7 Å². The molecule has 1 aromatic carbocycles. The molecule has 2 N–H and O–H groups in total. The minimum atomic E-state index is -0.271. The average molecular weight is 517 g/mol.